The van der Waals surface area contributed by atoms with E-state index in [1.807, 2.05) is 0 Å². The van der Waals surface area contributed by atoms with Crippen molar-refractivity contribution in [3.8, 4) is 0 Å². The molecule has 0 amide bonds. The molecule has 0 spiro atoms. The number of rotatable bonds is 8. The van der Waals surface area contributed by atoms with Crippen LogP contribution < -0.4 is 149 Å². The van der Waals surface area contributed by atoms with Gasteiger partial charge in [0.25, 0.3) is 7.82 Å². The molecule has 1 saturated heterocycles. The number of aliphatic hydroxyl groups is 2. The molecule has 0 radical (unpaired) electrons. The minimum absolute atomic E-state index is 0. The predicted octanol–water partition coefficient (Wildman–Crippen LogP) is -16.6. The fourth-order valence-electron chi connectivity index (χ4n) is 2.16. The molecule has 166 valence electrons. The number of hydrogen-bond acceptors (Lipinski definition) is 16. The number of nitrogens with zero attached hydrogens (tertiary/aromatic N) is 2. The number of aliphatic hydroxyl groups excluding tert-OH is 2. The molecule has 6 atom stereocenters. The van der Waals surface area contributed by atoms with Gasteiger partial charge in [-0.25, -0.2) is 4.79 Å². The van der Waals surface area contributed by atoms with Gasteiger partial charge in [-0.05, 0) is 6.07 Å². The largest absolute Gasteiger partial charge is 1.00 e. The van der Waals surface area contributed by atoms with E-state index in [1.165, 1.54) is 6.07 Å². The summed E-state index contributed by atoms with van der Waals surface area (Å²) >= 11 is 4.23. The molecule has 33 heavy (non-hydrogen) atoms. The molecular weight excluding hydrogens is 575 g/mol. The van der Waals surface area contributed by atoms with Gasteiger partial charge in [0.05, 0.1) is 14.4 Å². The molecule has 0 saturated carbocycles. The third kappa shape index (κ3) is 13.3. The molecule has 1 aromatic rings. The van der Waals surface area contributed by atoms with Crippen molar-refractivity contribution in [3.63, 3.8) is 0 Å². The first-order valence-electron chi connectivity index (χ1n) is 7.18. The van der Waals surface area contributed by atoms with Gasteiger partial charge in [-0.1, -0.05) is 11.8 Å². The van der Waals surface area contributed by atoms with Crippen LogP contribution in [0.3, 0.4) is 0 Å². The molecule has 2 heterocycles. The molecule has 16 nitrogen and oxygen atoms in total. The van der Waals surface area contributed by atoms with Crippen LogP contribution >= 0.6 is 22.4 Å². The summed E-state index contributed by atoms with van der Waals surface area (Å²) in [6.07, 6.45) is -5.26. The number of nitrogen functional groups attached to an aromatic ring is 1. The average molecular weight is 587 g/mol. The summed E-state index contributed by atoms with van der Waals surface area (Å²) in [6.45, 7) is -5.92. The van der Waals surface area contributed by atoms with Gasteiger partial charge in [0, 0.05) is 6.20 Å². The second-order valence-corrected chi connectivity index (χ2v) is 11.0. The predicted molar refractivity (Wildman–Crippen MR) is 86.5 cm³/mol. The Balaban J connectivity index is -0.00000225. The van der Waals surface area contributed by atoms with Crippen LogP contribution in [0, 0.1) is 0 Å². The SMILES string of the molecule is Nc1ccn(C2OC(COP([O-])(=S)OP(=O)([O-])OP(=O)([O-])[O-])C(O)C2O)c(=O)n1.[Na+].[Na+].[Na+].[Na+]. The Hall–Kier alpha value is 3.39. The summed E-state index contributed by atoms with van der Waals surface area (Å²) in [4.78, 5) is 58.9. The molecule has 24 heteroatoms. The quantitative estimate of drug-likeness (QED) is 0.188. The van der Waals surface area contributed by atoms with Crippen LogP contribution in [0.5, 0.6) is 0 Å². The molecular formula is C9H12N3Na4O13P3S. The number of hydrogen-bond donors (Lipinski definition) is 3. The zero-order valence-corrected chi connectivity index (χ0v) is 29.3. The Morgan fingerprint density at radius 2 is 1.67 bits per heavy atom. The van der Waals surface area contributed by atoms with Gasteiger partial charge in [-0.3, -0.25) is 17.8 Å². The van der Waals surface area contributed by atoms with E-state index < -0.39 is 59.2 Å². The van der Waals surface area contributed by atoms with E-state index in [2.05, 4.69) is 29.9 Å². The summed E-state index contributed by atoms with van der Waals surface area (Å²) in [6, 6.07) is 1.20. The zero-order chi connectivity index (χ0) is 22.2. The van der Waals surface area contributed by atoms with Crippen LogP contribution in [-0.4, -0.2) is 44.7 Å². The van der Waals surface area contributed by atoms with Crippen LogP contribution in [0.15, 0.2) is 17.1 Å². The van der Waals surface area contributed by atoms with Gasteiger partial charge in [-0.2, -0.15) is 4.98 Å². The maximum absolute atomic E-state index is 11.8. The molecule has 1 aromatic heterocycles. The normalized spacial score (nSPS) is 25.8. The third-order valence-corrected chi connectivity index (χ3v) is 7.84. The number of anilines is 1. The molecule has 2 rings (SSSR count). The first-order chi connectivity index (χ1) is 13.1. The van der Waals surface area contributed by atoms with Crippen molar-refractivity contribution in [3.05, 3.63) is 22.7 Å². The van der Waals surface area contributed by atoms with Gasteiger partial charge in [0.15, 0.2) is 6.23 Å². The van der Waals surface area contributed by atoms with E-state index in [0.717, 1.165) is 10.8 Å². The van der Waals surface area contributed by atoms with Crippen LogP contribution in [0.25, 0.3) is 0 Å². The van der Waals surface area contributed by atoms with E-state index >= 15 is 0 Å². The van der Waals surface area contributed by atoms with Gasteiger partial charge in [0.2, 0.25) is 0 Å². The number of aromatic nitrogens is 2. The smallest absolute Gasteiger partial charge is 0.790 e. The zero-order valence-electron chi connectivity index (χ0n) is 17.8. The third-order valence-electron chi connectivity index (χ3n) is 3.26. The van der Waals surface area contributed by atoms with Crippen LogP contribution in [0.1, 0.15) is 6.23 Å². The fourth-order valence-corrected chi connectivity index (χ4v) is 5.95. The van der Waals surface area contributed by atoms with E-state index in [0.29, 0.717) is 0 Å². The second-order valence-electron chi connectivity index (χ2n) is 5.39. The molecule has 6 unspecified atom stereocenters. The summed E-state index contributed by atoms with van der Waals surface area (Å²) < 4.78 is 38.8. The Morgan fingerprint density at radius 3 is 2.15 bits per heavy atom. The molecule has 1 aliphatic heterocycles. The molecule has 0 aromatic carbocycles. The summed E-state index contributed by atoms with van der Waals surface area (Å²) in [5, 5.41) is 20.0. The minimum Gasteiger partial charge on any atom is -0.790 e. The van der Waals surface area contributed by atoms with Crippen molar-refractivity contribution in [1.29, 1.82) is 0 Å². The number of nitrogens with two attached hydrogens (primary N) is 1. The maximum atomic E-state index is 11.8. The Morgan fingerprint density at radius 1 is 1.12 bits per heavy atom. The van der Waals surface area contributed by atoms with Crippen LogP contribution in [0.2, 0.25) is 0 Å². The van der Waals surface area contributed by atoms with Gasteiger partial charge in [0.1, 0.15) is 30.8 Å². The topological polar surface area (TPSA) is 265 Å². The molecule has 0 bridgehead atoms. The van der Waals surface area contributed by atoms with E-state index in [-0.39, 0.29) is 124 Å². The summed E-state index contributed by atoms with van der Waals surface area (Å²) in [7, 11) is -12.0. The first kappa shape index (κ1) is 40.9. The summed E-state index contributed by atoms with van der Waals surface area (Å²) in [5.74, 6) is -0.117. The number of phosphoric acid groups is 2. The second kappa shape index (κ2) is 16.5. The van der Waals surface area contributed by atoms with Crippen molar-refractivity contribution in [2.45, 2.75) is 24.5 Å². The van der Waals surface area contributed by atoms with E-state index in [9.17, 15) is 43.7 Å². The van der Waals surface area contributed by atoms with Crippen LogP contribution in [0.4, 0.5) is 5.82 Å². The van der Waals surface area contributed by atoms with Crippen molar-refractivity contribution in [2.24, 2.45) is 0 Å². The van der Waals surface area contributed by atoms with Crippen molar-refractivity contribution >= 4 is 40.0 Å². The number of ether oxygens (including phenoxy) is 1. The van der Waals surface area contributed by atoms with Crippen LogP contribution in [-0.2, 0) is 38.8 Å². The Bertz CT molecular complexity index is 969. The molecule has 0 aliphatic carbocycles. The summed E-state index contributed by atoms with van der Waals surface area (Å²) in [5.41, 5.74) is 4.40. The molecule has 4 N–H and O–H groups in total. The van der Waals surface area contributed by atoms with Gasteiger partial charge >= 0.3 is 124 Å². The maximum Gasteiger partial charge on any atom is 1.00 e. The Kier molecular flexibility index (Phi) is 20.4. The van der Waals surface area contributed by atoms with E-state index in [1.54, 1.807) is 0 Å². The minimum atomic E-state index is -6.05. The average Bonchev–Trinajstić information content (AvgIpc) is 2.78. The molecule has 1 aliphatic rings. The Labute approximate surface area is 280 Å². The first-order valence-corrected chi connectivity index (χ1v) is 12.7. The van der Waals surface area contributed by atoms with E-state index in [4.69, 9.17) is 10.5 Å². The monoisotopic (exact) mass is 587 g/mol. The molecule has 1 fully saturated rings. The fraction of sp³-hybridized carbons (Fsp3) is 0.556. The van der Waals surface area contributed by atoms with Crippen molar-refractivity contribution in [1.82, 2.24) is 9.55 Å². The van der Waals surface area contributed by atoms with Crippen molar-refractivity contribution in [2.75, 3.05) is 12.3 Å². The van der Waals surface area contributed by atoms with Gasteiger partial charge in [-0.15, -0.1) is 0 Å². The standard InChI is InChI=1S/C9H16N3O13P3S.4Na/c10-5-1-2-12(9(15)11-5)8-7(14)6(13)4(23-8)3-22-28(21,29)25-27(19,20)24-26(16,17)18;;;;/h1-2,4,6-8,13-14H,3H2,(H,19,20)(H,21,29)(H2,10,11,15)(H2,16,17,18);;;;/q;4*+1/p-4. The van der Waals surface area contributed by atoms with Gasteiger partial charge < -0.3 is 49.3 Å². The van der Waals surface area contributed by atoms with Crippen molar-refractivity contribution < 1.29 is 175 Å².